The number of nitrogens with one attached hydrogen (secondary N) is 2. The molecule has 0 spiro atoms. The Morgan fingerprint density at radius 1 is 1.17 bits per heavy atom. The van der Waals surface area contributed by atoms with Gasteiger partial charge in [0.1, 0.15) is 5.75 Å². The lowest BCUT2D eigenvalue weighted by molar-refractivity contribution is -0.124. The summed E-state index contributed by atoms with van der Waals surface area (Å²) in [6.07, 6.45) is 1.59. The Bertz CT molecular complexity index is 874. The van der Waals surface area contributed by atoms with Crippen molar-refractivity contribution in [2.75, 3.05) is 7.11 Å². The van der Waals surface area contributed by atoms with Crippen LogP contribution in [0.2, 0.25) is 0 Å². The first-order chi connectivity index (χ1) is 11.5. The predicted octanol–water partition coefficient (Wildman–Crippen LogP) is 0.900. The second kappa shape index (κ2) is 5.84. The van der Waals surface area contributed by atoms with E-state index in [9.17, 15) is 14.4 Å². The number of aryl methyl sites for hydroxylation is 1. The molecule has 124 valence electrons. The Balaban J connectivity index is 2.13. The molecule has 1 aromatic carbocycles. The SMILES string of the molecule is COc1cccc(C2(Cn3cccc(C)c3=O)NC(=O)NC2=O)c1. The third kappa shape index (κ3) is 2.54. The van der Waals surface area contributed by atoms with Gasteiger partial charge in [0.25, 0.3) is 11.5 Å². The second-order valence-electron chi connectivity index (χ2n) is 5.67. The first kappa shape index (κ1) is 15.8. The van der Waals surface area contributed by atoms with E-state index >= 15 is 0 Å². The molecule has 2 heterocycles. The van der Waals surface area contributed by atoms with Crippen LogP contribution in [0.3, 0.4) is 0 Å². The normalized spacial score (nSPS) is 19.8. The molecule has 24 heavy (non-hydrogen) atoms. The molecule has 1 aromatic heterocycles. The van der Waals surface area contributed by atoms with Gasteiger partial charge in [0.2, 0.25) is 0 Å². The van der Waals surface area contributed by atoms with Gasteiger partial charge in [0.15, 0.2) is 5.54 Å². The Hall–Kier alpha value is -3.09. The number of rotatable bonds is 4. The van der Waals surface area contributed by atoms with E-state index in [1.807, 2.05) is 0 Å². The van der Waals surface area contributed by atoms with Gasteiger partial charge in [-0.15, -0.1) is 0 Å². The molecule has 7 heteroatoms. The van der Waals surface area contributed by atoms with E-state index in [1.54, 1.807) is 49.5 Å². The standard InChI is InChI=1S/C17H17N3O4/c1-11-5-4-8-20(14(11)21)10-17(15(22)18-16(23)19-17)12-6-3-7-13(9-12)24-2/h3-9H,10H2,1-2H3,(H2,18,19,22,23). The Labute approximate surface area is 138 Å². The minimum Gasteiger partial charge on any atom is -0.497 e. The quantitative estimate of drug-likeness (QED) is 0.817. The summed E-state index contributed by atoms with van der Waals surface area (Å²) in [5.41, 5.74) is -0.487. The van der Waals surface area contributed by atoms with E-state index in [0.717, 1.165) is 0 Å². The summed E-state index contributed by atoms with van der Waals surface area (Å²) in [5.74, 6) is 0.0478. The molecule has 1 aliphatic rings. The van der Waals surface area contributed by atoms with E-state index in [0.29, 0.717) is 16.9 Å². The number of carbonyl (C=O) groups excluding carboxylic acids is 2. The van der Waals surface area contributed by atoms with Gasteiger partial charge >= 0.3 is 6.03 Å². The molecule has 3 rings (SSSR count). The summed E-state index contributed by atoms with van der Waals surface area (Å²) in [4.78, 5) is 36.7. The molecular weight excluding hydrogens is 310 g/mol. The van der Waals surface area contributed by atoms with Crippen molar-refractivity contribution in [3.63, 3.8) is 0 Å². The number of pyridine rings is 1. The number of aromatic nitrogens is 1. The number of ether oxygens (including phenoxy) is 1. The van der Waals surface area contributed by atoms with Crippen LogP contribution < -0.4 is 20.9 Å². The molecule has 7 nitrogen and oxygen atoms in total. The molecular formula is C17H17N3O4. The van der Waals surface area contributed by atoms with Gasteiger partial charge in [-0.2, -0.15) is 0 Å². The maximum Gasteiger partial charge on any atom is 0.322 e. The Morgan fingerprint density at radius 3 is 2.62 bits per heavy atom. The van der Waals surface area contributed by atoms with Crippen LogP contribution in [0.4, 0.5) is 4.79 Å². The van der Waals surface area contributed by atoms with Gasteiger partial charge in [-0.3, -0.25) is 14.9 Å². The molecule has 0 aliphatic carbocycles. The smallest absolute Gasteiger partial charge is 0.322 e. The molecule has 3 amide bonds. The molecule has 1 fully saturated rings. The summed E-state index contributed by atoms with van der Waals surface area (Å²) in [7, 11) is 1.52. The first-order valence-electron chi connectivity index (χ1n) is 7.40. The summed E-state index contributed by atoms with van der Waals surface area (Å²) in [5, 5.41) is 4.92. The summed E-state index contributed by atoms with van der Waals surface area (Å²) < 4.78 is 6.62. The number of urea groups is 1. The maximum absolute atomic E-state index is 12.6. The molecule has 1 aliphatic heterocycles. The fourth-order valence-electron chi connectivity index (χ4n) is 2.82. The fourth-order valence-corrected chi connectivity index (χ4v) is 2.82. The number of imide groups is 1. The second-order valence-corrected chi connectivity index (χ2v) is 5.67. The Morgan fingerprint density at radius 2 is 1.96 bits per heavy atom. The van der Waals surface area contributed by atoms with Crippen LogP contribution in [0.5, 0.6) is 5.75 Å². The van der Waals surface area contributed by atoms with Gasteiger partial charge in [-0.05, 0) is 30.7 Å². The zero-order valence-corrected chi connectivity index (χ0v) is 13.3. The lowest BCUT2D eigenvalue weighted by Crippen LogP contribution is -2.49. The summed E-state index contributed by atoms with van der Waals surface area (Å²) >= 11 is 0. The third-order valence-corrected chi connectivity index (χ3v) is 4.12. The van der Waals surface area contributed by atoms with Crippen molar-refractivity contribution in [3.05, 3.63) is 64.1 Å². The molecule has 0 radical (unpaired) electrons. The van der Waals surface area contributed by atoms with Crippen molar-refractivity contribution in [2.24, 2.45) is 0 Å². The van der Waals surface area contributed by atoms with Crippen molar-refractivity contribution in [1.82, 2.24) is 15.2 Å². The van der Waals surface area contributed by atoms with Crippen molar-refractivity contribution >= 4 is 11.9 Å². The van der Waals surface area contributed by atoms with Gasteiger partial charge in [-0.25, -0.2) is 4.79 Å². The van der Waals surface area contributed by atoms with E-state index < -0.39 is 17.5 Å². The minimum absolute atomic E-state index is 0.0156. The van der Waals surface area contributed by atoms with E-state index in [2.05, 4.69) is 10.6 Å². The number of carbonyl (C=O) groups is 2. The van der Waals surface area contributed by atoms with Crippen molar-refractivity contribution in [1.29, 1.82) is 0 Å². The molecule has 1 saturated heterocycles. The van der Waals surface area contributed by atoms with Crippen LogP contribution in [-0.2, 0) is 16.9 Å². The van der Waals surface area contributed by atoms with E-state index in [-0.39, 0.29) is 12.1 Å². The Kier molecular flexibility index (Phi) is 3.84. The molecule has 0 saturated carbocycles. The highest BCUT2D eigenvalue weighted by molar-refractivity contribution is 6.07. The average molecular weight is 327 g/mol. The fraction of sp³-hybridized carbons (Fsp3) is 0.235. The van der Waals surface area contributed by atoms with Crippen molar-refractivity contribution in [3.8, 4) is 5.75 Å². The van der Waals surface area contributed by atoms with Gasteiger partial charge in [-0.1, -0.05) is 18.2 Å². The highest BCUT2D eigenvalue weighted by Gasteiger charge is 2.48. The van der Waals surface area contributed by atoms with Gasteiger partial charge < -0.3 is 14.6 Å². The highest BCUT2D eigenvalue weighted by Crippen LogP contribution is 2.29. The van der Waals surface area contributed by atoms with E-state index in [4.69, 9.17) is 4.74 Å². The molecule has 0 bridgehead atoms. The zero-order chi connectivity index (χ0) is 17.3. The lowest BCUT2D eigenvalue weighted by Gasteiger charge is -2.27. The predicted molar refractivity (Wildman–Crippen MR) is 86.8 cm³/mol. The number of amides is 3. The first-order valence-corrected chi connectivity index (χ1v) is 7.40. The highest BCUT2D eigenvalue weighted by atomic mass is 16.5. The zero-order valence-electron chi connectivity index (χ0n) is 13.3. The topological polar surface area (TPSA) is 89.4 Å². The minimum atomic E-state index is -1.37. The molecule has 2 aromatic rings. The number of benzene rings is 1. The largest absolute Gasteiger partial charge is 0.497 e. The lowest BCUT2D eigenvalue weighted by atomic mass is 9.89. The van der Waals surface area contributed by atoms with Crippen LogP contribution >= 0.6 is 0 Å². The van der Waals surface area contributed by atoms with Crippen LogP contribution in [0.1, 0.15) is 11.1 Å². The summed E-state index contributed by atoms with van der Waals surface area (Å²) in [6.45, 7) is 1.68. The number of hydrogen-bond acceptors (Lipinski definition) is 4. The average Bonchev–Trinajstić information content (AvgIpc) is 2.86. The maximum atomic E-state index is 12.6. The van der Waals surface area contributed by atoms with Crippen LogP contribution in [0.15, 0.2) is 47.4 Å². The van der Waals surface area contributed by atoms with Gasteiger partial charge in [0, 0.05) is 11.8 Å². The molecule has 1 unspecified atom stereocenters. The van der Waals surface area contributed by atoms with Crippen molar-refractivity contribution < 1.29 is 14.3 Å². The van der Waals surface area contributed by atoms with Crippen LogP contribution in [0.25, 0.3) is 0 Å². The molecule has 2 N–H and O–H groups in total. The number of hydrogen-bond donors (Lipinski definition) is 2. The van der Waals surface area contributed by atoms with Gasteiger partial charge in [0.05, 0.1) is 13.7 Å². The monoisotopic (exact) mass is 327 g/mol. The molecule has 1 atom stereocenters. The van der Waals surface area contributed by atoms with Crippen LogP contribution in [0, 0.1) is 6.92 Å². The number of nitrogens with zero attached hydrogens (tertiary/aromatic N) is 1. The number of methoxy groups -OCH3 is 1. The van der Waals surface area contributed by atoms with Crippen LogP contribution in [-0.4, -0.2) is 23.6 Å². The third-order valence-electron chi connectivity index (χ3n) is 4.12. The van der Waals surface area contributed by atoms with E-state index in [1.165, 1.54) is 11.7 Å². The van der Waals surface area contributed by atoms with Crippen molar-refractivity contribution in [2.45, 2.75) is 19.0 Å². The summed E-state index contributed by atoms with van der Waals surface area (Å²) in [6, 6.07) is 9.69.